The Labute approximate surface area is 107 Å². The van der Waals surface area contributed by atoms with E-state index in [2.05, 4.69) is 17.2 Å². The number of hydrogen-bond donors (Lipinski definition) is 1. The van der Waals surface area contributed by atoms with Gasteiger partial charge in [0.25, 0.3) is 0 Å². The fourth-order valence-electron chi connectivity index (χ4n) is 1.17. The van der Waals surface area contributed by atoms with Crippen LogP contribution in [-0.2, 0) is 11.0 Å². The molecule has 0 saturated carbocycles. The predicted molar refractivity (Wildman–Crippen MR) is 62.1 cm³/mol. The SMILES string of the molecule is O=C(CCl)NCC#Cc1ccccc1C(F)(F)F. The normalized spacial score (nSPS) is 10.4. The van der Waals surface area contributed by atoms with Gasteiger partial charge in [0, 0.05) is 5.56 Å². The van der Waals surface area contributed by atoms with Gasteiger partial charge in [-0.25, -0.2) is 0 Å². The van der Waals surface area contributed by atoms with Crippen LogP contribution in [0.3, 0.4) is 0 Å². The van der Waals surface area contributed by atoms with Crippen LogP contribution in [0.2, 0.25) is 0 Å². The van der Waals surface area contributed by atoms with Crippen LogP contribution in [-0.4, -0.2) is 18.3 Å². The third kappa shape index (κ3) is 4.30. The molecule has 0 atom stereocenters. The maximum atomic E-state index is 12.6. The molecule has 1 aromatic carbocycles. The van der Waals surface area contributed by atoms with Gasteiger partial charge in [0.05, 0.1) is 12.1 Å². The number of alkyl halides is 4. The molecule has 6 heteroatoms. The number of amides is 1. The topological polar surface area (TPSA) is 29.1 Å². The molecule has 0 aliphatic rings. The summed E-state index contributed by atoms with van der Waals surface area (Å²) >= 11 is 5.22. The summed E-state index contributed by atoms with van der Waals surface area (Å²) in [6, 6.07) is 5.00. The second-order valence-electron chi connectivity index (χ2n) is 3.26. The first-order valence-electron chi connectivity index (χ1n) is 4.93. The molecular formula is C12H9ClF3NO. The maximum absolute atomic E-state index is 12.6. The monoisotopic (exact) mass is 275 g/mol. The van der Waals surface area contributed by atoms with E-state index in [9.17, 15) is 18.0 Å². The van der Waals surface area contributed by atoms with E-state index in [1.165, 1.54) is 18.2 Å². The number of rotatable bonds is 2. The first kappa shape index (κ1) is 14.4. The van der Waals surface area contributed by atoms with Crippen LogP contribution < -0.4 is 5.32 Å². The van der Waals surface area contributed by atoms with Crippen LogP contribution in [0.15, 0.2) is 24.3 Å². The summed E-state index contributed by atoms with van der Waals surface area (Å²) in [5, 5.41) is 2.34. The molecule has 18 heavy (non-hydrogen) atoms. The molecule has 0 heterocycles. The lowest BCUT2D eigenvalue weighted by molar-refractivity contribution is -0.137. The largest absolute Gasteiger partial charge is 0.417 e. The van der Waals surface area contributed by atoms with E-state index < -0.39 is 17.6 Å². The molecule has 0 radical (unpaired) electrons. The zero-order chi connectivity index (χ0) is 13.6. The van der Waals surface area contributed by atoms with Gasteiger partial charge in [0.2, 0.25) is 5.91 Å². The van der Waals surface area contributed by atoms with Crippen molar-refractivity contribution in [2.24, 2.45) is 0 Å². The molecule has 0 aromatic heterocycles. The average Bonchev–Trinajstić information content (AvgIpc) is 2.33. The zero-order valence-corrected chi connectivity index (χ0v) is 9.90. The van der Waals surface area contributed by atoms with E-state index in [-0.39, 0.29) is 18.0 Å². The number of carbonyl (C=O) groups is 1. The van der Waals surface area contributed by atoms with Crippen molar-refractivity contribution in [3.8, 4) is 11.8 Å². The van der Waals surface area contributed by atoms with Crippen molar-refractivity contribution < 1.29 is 18.0 Å². The molecule has 0 fully saturated rings. The van der Waals surface area contributed by atoms with Gasteiger partial charge in [0.15, 0.2) is 0 Å². The number of nitrogens with one attached hydrogen (secondary N) is 1. The Balaban J connectivity index is 2.79. The lowest BCUT2D eigenvalue weighted by Gasteiger charge is -2.08. The van der Waals surface area contributed by atoms with Gasteiger partial charge in [-0.1, -0.05) is 24.0 Å². The molecular weight excluding hydrogens is 267 g/mol. The number of halogens is 4. The molecule has 0 spiro atoms. The third-order valence-corrected chi connectivity index (χ3v) is 2.19. The Morgan fingerprint density at radius 3 is 2.61 bits per heavy atom. The summed E-state index contributed by atoms with van der Waals surface area (Å²) in [5.41, 5.74) is -0.911. The van der Waals surface area contributed by atoms with Crippen molar-refractivity contribution in [3.05, 3.63) is 35.4 Å². The van der Waals surface area contributed by atoms with Gasteiger partial charge < -0.3 is 5.32 Å². The number of hydrogen-bond acceptors (Lipinski definition) is 1. The number of carbonyl (C=O) groups excluding carboxylic acids is 1. The van der Waals surface area contributed by atoms with Crippen molar-refractivity contribution >= 4 is 17.5 Å². The lowest BCUT2D eigenvalue weighted by atomic mass is 10.1. The van der Waals surface area contributed by atoms with Gasteiger partial charge in [0.1, 0.15) is 5.88 Å². The molecule has 0 unspecified atom stereocenters. The fourth-order valence-corrected chi connectivity index (χ4v) is 1.26. The quantitative estimate of drug-likeness (QED) is 0.652. The summed E-state index contributed by atoms with van der Waals surface area (Å²) in [6.07, 6.45) is -4.44. The number of benzene rings is 1. The fraction of sp³-hybridized carbons (Fsp3) is 0.250. The molecule has 96 valence electrons. The minimum Gasteiger partial charge on any atom is -0.344 e. The van der Waals surface area contributed by atoms with E-state index in [1.807, 2.05) is 0 Å². The van der Waals surface area contributed by atoms with E-state index in [0.29, 0.717) is 0 Å². The molecule has 1 amide bonds. The summed E-state index contributed by atoms with van der Waals surface area (Å²) in [7, 11) is 0. The molecule has 0 aliphatic heterocycles. The van der Waals surface area contributed by atoms with Gasteiger partial charge >= 0.3 is 6.18 Å². The minimum absolute atomic E-state index is 0.0439. The van der Waals surface area contributed by atoms with Crippen molar-refractivity contribution in [1.82, 2.24) is 5.32 Å². The summed E-state index contributed by atoms with van der Waals surface area (Å²) in [5.74, 6) is 4.18. The highest BCUT2D eigenvalue weighted by Crippen LogP contribution is 2.31. The molecule has 1 rings (SSSR count). The third-order valence-electron chi connectivity index (χ3n) is 1.95. The maximum Gasteiger partial charge on any atom is 0.417 e. The molecule has 2 nitrogen and oxygen atoms in total. The van der Waals surface area contributed by atoms with Gasteiger partial charge in [-0.15, -0.1) is 11.6 Å². The summed E-state index contributed by atoms with van der Waals surface area (Å²) in [6.45, 7) is -0.0439. The lowest BCUT2D eigenvalue weighted by Crippen LogP contribution is -2.24. The highest BCUT2D eigenvalue weighted by atomic mass is 35.5. The van der Waals surface area contributed by atoms with Crippen molar-refractivity contribution in [2.75, 3.05) is 12.4 Å². The smallest absolute Gasteiger partial charge is 0.344 e. The van der Waals surface area contributed by atoms with E-state index >= 15 is 0 Å². The molecule has 1 aromatic rings. The molecule has 1 N–H and O–H groups in total. The van der Waals surface area contributed by atoms with Crippen molar-refractivity contribution in [1.29, 1.82) is 0 Å². The Hall–Kier alpha value is -1.67. The van der Waals surface area contributed by atoms with Crippen LogP contribution in [0.1, 0.15) is 11.1 Å². The van der Waals surface area contributed by atoms with Crippen LogP contribution in [0.25, 0.3) is 0 Å². The van der Waals surface area contributed by atoms with Crippen LogP contribution in [0.5, 0.6) is 0 Å². The molecule has 0 aliphatic carbocycles. The average molecular weight is 276 g/mol. The van der Waals surface area contributed by atoms with E-state index in [4.69, 9.17) is 11.6 Å². The van der Waals surface area contributed by atoms with Gasteiger partial charge in [-0.05, 0) is 12.1 Å². The Morgan fingerprint density at radius 2 is 2.00 bits per heavy atom. The Bertz CT molecular complexity index is 488. The van der Waals surface area contributed by atoms with Crippen LogP contribution in [0, 0.1) is 11.8 Å². The Morgan fingerprint density at radius 1 is 1.33 bits per heavy atom. The zero-order valence-electron chi connectivity index (χ0n) is 9.14. The summed E-state index contributed by atoms with van der Waals surface area (Å²) < 4.78 is 37.8. The van der Waals surface area contributed by atoms with Crippen molar-refractivity contribution in [2.45, 2.75) is 6.18 Å². The first-order chi connectivity index (χ1) is 8.45. The second-order valence-corrected chi connectivity index (χ2v) is 3.52. The van der Waals surface area contributed by atoms with E-state index in [0.717, 1.165) is 6.07 Å². The predicted octanol–water partition coefficient (Wildman–Crippen LogP) is 2.41. The Kier molecular flexibility index (Phi) is 5.05. The summed E-state index contributed by atoms with van der Waals surface area (Å²) in [4.78, 5) is 10.8. The van der Waals surface area contributed by atoms with Crippen LogP contribution in [0.4, 0.5) is 13.2 Å². The molecule has 0 bridgehead atoms. The van der Waals surface area contributed by atoms with Crippen LogP contribution >= 0.6 is 11.6 Å². The minimum atomic E-state index is -4.44. The van der Waals surface area contributed by atoms with Gasteiger partial charge in [-0.3, -0.25) is 4.79 Å². The highest BCUT2D eigenvalue weighted by Gasteiger charge is 2.32. The van der Waals surface area contributed by atoms with E-state index in [1.54, 1.807) is 0 Å². The second kappa shape index (κ2) is 6.31. The van der Waals surface area contributed by atoms with Gasteiger partial charge in [-0.2, -0.15) is 13.2 Å². The standard InChI is InChI=1S/C12H9ClF3NO/c13-8-11(18)17-7-3-5-9-4-1-2-6-10(9)12(14,15)16/h1-2,4,6H,7-8H2,(H,17,18). The molecule has 0 saturated heterocycles. The van der Waals surface area contributed by atoms with Crippen molar-refractivity contribution in [3.63, 3.8) is 0 Å². The highest BCUT2D eigenvalue weighted by molar-refractivity contribution is 6.27. The first-order valence-corrected chi connectivity index (χ1v) is 5.46.